The van der Waals surface area contributed by atoms with Gasteiger partial charge in [-0.15, -0.1) is 0 Å². The summed E-state index contributed by atoms with van der Waals surface area (Å²) in [6, 6.07) is 2.68. The van der Waals surface area contributed by atoms with Gasteiger partial charge in [-0.05, 0) is 38.3 Å². The van der Waals surface area contributed by atoms with Crippen LogP contribution in [0.1, 0.15) is 43.0 Å². The van der Waals surface area contributed by atoms with Gasteiger partial charge in [0, 0.05) is 31.6 Å². The van der Waals surface area contributed by atoms with Crippen LogP contribution < -0.4 is 5.32 Å². The molecular weight excluding hydrogens is 346 g/mol. The summed E-state index contributed by atoms with van der Waals surface area (Å²) in [6.45, 7) is 2.24. The van der Waals surface area contributed by atoms with Crippen LogP contribution in [0.4, 0.5) is 8.78 Å². The molecule has 1 fully saturated rings. The Hall–Kier alpha value is -2.51. The standard InChI is InChI=1S/C18H22F2N2O4/c1-11-4-5-12(18(25)26)10-22(11)16(23)3-2-8-21-17(24)14-7-6-13(19)9-15(14)20/h6-7,9,11-12H,2-5,8,10H2,1H3,(H,21,24)(H,25,26). The molecule has 142 valence electrons. The number of amides is 2. The monoisotopic (exact) mass is 368 g/mol. The number of carbonyl (C=O) groups excluding carboxylic acids is 2. The van der Waals surface area contributed by atoms with Gasteiger partial charge < -0.3 is 15.3 Å². The average molecular weight is 368 g/mol. The van der Waals surface area contributed by atoms with E-state index in [1.807, 2.05) is 6.92 Å². The van der Waals surface area contributed by atoms with Crippen LogP contribution in [-0.2, 0) is 9.59 Å². The number of rotatable bonds is 6. The molecule has 1 aliphatic heterocycles. The number of carbonyl (C=O) groups is 3. The molecule has 0 bridgehead atoms. The van der Waals surface area contributed by atoms with E-state index in [1.54, 1.807) is 4.90 Å². The predicted octanol–water partition coefficient (Wildman–Crippen LogP) is 2.19. The van der Waals surface area contributed by atoms with E-state index in [2.05, 4.69) is 5.32 Å². The largest absolute Gasteiger partial charge is 0.481 e. The van der Waals surface area contributed by atoms with E-state index in [0.29, 0.717) is 25.3 Å². The first-order valence-corrected chi connectivity index (χ1v) is 8.55. The minimum atomic E-state index is -0.944. The van der Waals surface area contributed by atoms with E-state index in [0.717, 1.165) is 12.1 Å². The molecule has 2 amide bonds. The number of halogens is 2. The van der Waals surface area contributed by atoms with Crippen LogP contribution in [0.5, 0.6) is 0 Å². The lowest BCUT2D eigenvalue weighted by molar-refractivity contribution is -0.147. The minimum absolute atomic E-state index is 0.0130. The Morgan fingerprint density at radius 1 is 1.27 bits per heavy atom. The Labute approximate surface area is 150 Å². The van der Waals surface area contributed by atoms with Gasteiger partial charge in [-0.1, -0.05) is 0 Å². The first kappa shape index (κ1) is 19.8. The number of likely N-dealkylation sites (tertiary alicyclic amines) is 1. The smallest absolute Gasteiger partial charge is 0.308 e. The van der Waals surface area contributed by atoms with E-state index in [1.165, 1.54) is 0 Å². The second-order valence-electron chi connectivity index (χ2n) is 6.49. The van der Waals surface area contributed by atoms with Crippen molar-refractivity contribution in [1.82, 2.24) is 10.2 Å². The quantitative estimate of drug-likeness (QED) is 0.754. The number of nitrogens with one attached hydrogen (secondary N) is 1. The zero-order chi connectivity index (χ0) is 19.3. The molecule has 1 aromatic rings. The van der Waals surface area contributed by atoms with E-state index >= 15 is 0 Å². The van der Waals surface area contributed by atoms with E-state index < -0.39 is 29.4 Å². The third kappa shape index (κ3) is 5.00. The number of piperidine rings is 1. The molecule has 8 heteroatoms. The number of carboxylic acid groups (broad SMARTS) is 1. The summed E-state index contributed by atoms with van der Waals surface area (Å²) in [6.07, 6.45) is 1.69. The highest BCUT2D eigenvalue weighted by Crippen LogP contribution is 2.23. The lowest BCUT2D eigenvalue weighted by Gasteiger charge is -2.36. The van der Waals surface area contributed by atoms with E-state index in [4.69, 9.17) is 5.11 Å². The third-order valence-corrected chi connectivity index (χ3v) is 4.58. The fraction of sp³-hybridized carbons (Fsp3) is 0.500. The maximum Gasteiger partial charge on any atom is 0.308 e. The van der Waals surface area contributed by atoms with Crippen LogP contribution >= 0.6 is 0 Å². The van der Waals surface area contributed by atoms with Crippen molar-refractivity contribution >= 4 is 17.8 Å². The molecule has 1 heterocycles. The fourth-order valence-corrected chi connectivity index (χ4v) is 3.01. The van der Waals surface area contributed by atoms with Crippen LogP contribution in [0.3, 0.4) is 0 Å². The molecule has 1 saturated heterocycles. The molecular formula is C18H22F2N2O4. The van der Waals surface area contributed by atoms with Crippen LogP contribution in [0.25, 0.3) is 0 Å². The number of hydrogen-bond acceptors (Lipinski definition) is 3. The zero-order valence-corrected chi connectivity index (χ0v) is 14.5. The summed E-state index contributed by atoms with van der Waals surface area (Å²) in [5.41, 5.74) is -0.258. The van der Waals surface area contributed by atoms with Gasteiger partial charge >= 0.3 is 5.97 Å². The summed E-state index contributed by atoms with van der Waals surface area (Å²) < 4.78 is 26.4. The highest BCUT2D eigenvalue weighted by molar-refractivity contribution is 5.94. The van der Waals surface area contributed by atoms with Gasteiger partial charge in [0.25, 0.3) is 5.91 Å². The normalized spacial score (nSPS) is 19.9. The lowest BCUT2D eigenvalue weighted by Crippen LogP contribution is -2.47. The Morgan fingerprint density at radius 3 is 2.65 bits per heavy atom. The molecule has 0 radical (unpaired) electrons. The molecule has 1 aromatic carbocycles. The lowest BCUT2D eigenvalue weighted by atomic mass is 9.93. The molecule has 2 unspecified atom stereocenters. The summed E-state index contributed by atoms with van der Waals surface area (Å²) >= 11 is 0. The van der Waals surface area contributed by atoms with Crippen molar-refractivity contribution in [1.29, 1.82) is 0 Å². The van der Waals surface area contributed by atoms with Gasteiger partial charge in [0.1, 0.15) is 11.6 Å². The summed E-state index contributed by atoms with van der Waals surface area (Å²) in [4.78, 5) is 36.8. The summed E-state index contributed by atoms with van der Waals surface area (Å²) in [7, 11) is 0. The van der Waals surface area contributed by atoms with Crippen molar-refractivity contribution < 1.29 is 28.3 Å². The second-order valence-corrected chi connectivity index (χ2v) is 6.49. The highest BCUT2D eigenvalue weighted by atomic mass is 19.1. The molecule has 2 rings (SSSR count). The molecule has 2 atom stereocenters. The molecule has 6 nitrogen and oxygen atoms in total. The Kier molecular flexibility index (Phi) is 6.65. The predicted molar refractivity (Wildman–Crippen MR) is 89.5 cm³/mol. The van der Waals surface area contributed by atoms with Crippen molar-refractivity contribution in [3.8, 4) is 0 Å². The Bertz CT molecular complexity index is 696. The van der Waals surface area contributed by atoms with Crippen LogP contribution in [0.2, 0.25) is 0 Å². The maximum absolute atomic E-state index is 13.5. The SMILES string of the molecule is CC1CCC(C(=O)O)CN1C(=O)CCCNC(=O)c1ccc(F)cc1F. The molecule has 1 aliphatic rings. The van der Waals surface area contributed by atoms with Crippen molar-refractivity contribution in [2.75, 3.05) is 13.1 Å². The van der Waals surface area contributed by atoms with Gasteiger partial charge in [-0.25, -0.2) is 8.78 Å². The minimum Gasteiger partial charge on any atom is -0.481 e. The number of benzene rings is 1. The number of nitrogens with zero attached hydrogens (tertiary/aromatic N) is 1. The molecule has 26 heavy (non-hydrogen) atoms. The fourth-order valence-electron chi connectivity index (χ4n) is 3.01. The number of carboxylic acids is 1. The molecule has 0 saturated carbocycles. The zero-order valence-electron chi connectivity index (χ0n) is 14.5. The van der Waals surface area contributed by atoms with Gasteiger partial charge in [-0.3, -0.25) is 14.4 Å². The topological polar surface area (TPSA) is 86.7 Å². The van der Waals surface area contributed by atoms with Crippen molar-refractivity contribution in [3.63, 3.8) is 0 Å². The third-order valence-electron chi connectivity index (χ3n) is 4.58. The Balaban J connectivity index is 1.79. The van der Waals surface area contributed by atoms with Crippen molar-refractivity contribution in [3.05, 3.63) is 35.4 Å². The van der Waals surface area contributed by atoms with Crippen molar-refractivity contribution in [2.24, 2.45) is 5.92 Å². The molecule has 2 N–H and O–H groups in total. The van der Waals surface area contributed by atoms with E-state index in [9.17, 15) is 23.2 Å². The van der Waals surface area contributed by atoms with Gasteiger partial charge in [0.15, 0.2) is 0 Å². The first-order valence-electron chi connectivity index (χ1n) is 8.55. The van der Waals surface area contributed by atoms with Crippen molar-refractivity contribution in [2.45, 2.75) is 38.6 Å². The first-order chi connectivity index (χ1) is 12.3. The van der Waals surface area contributed by atoms with Gasteiger partial charge in [0.05, 0.1) is 11.5 Å². The molecule has 0 spiro atoms. The average Bonchev–Trinajstić information content (AvgIpc) is 2.58. The molecule has 0 aromatic heterocycles. The van der Waals surface area contributed by atoms with Crippen LogP contribution in [0, 0.1) is 17.6 Å². The second kappa shape index (κ2) is 8.73. The van der Waals surface area contributed by atoms with Crippen LogP contribution in [-0.4, -0.2) is 46.9 Å². The van der Waals surface area contributed by atoms with Crippen LogP contribution in [0.15, 0.2) is 18.2 Å². The summed E-state index contributed by atoms with van der Waals surface area (Å²) in [5, 5.41) is 11.6. The summed E-state index contributed by atoms with van der Waals surface area (Å²) in [5.74, 6) is -3.99. The highest BCUT2D eigenvalue weighted by Gasteiger charge is 2.32. The van der Waals surface area contributed by atoms with Gasteiger partial charge in [0.2, 0.25) is 5.91 Å². The Morgan fingerprint density at radius 2 is 2.00 bits per heavy atom. The molecule has 0 aliphatic carbocycles. The maximum atomic E-state index is 13.5. The van der Waals surface area contributed by atoms with Gasteiger partial charge in [-0.2, -0.15) is 0 Å². The number of aliphatic carboxylic acids is 1. The van der Waals surface area contributed by atoms with E-state index in [-0.39, 0.29) is 37.0 Å². The number of hydrogen-bond donors (Lipinski definition) is 2.